The second-order valence-electron chi connectivity index (χ2n) is 4.40. The number of hydrogen-bond donors (Lipinski definition) is 1. The summed E-state index contributed by atoms with van der Waals surface area (Å²) in [5.41, 5.74) is 0.231. The molecule has 1 unspecified atom stereocenters. The van der Waals surface area contributed by atoms with Crippen molar-refractivity contribution in [1.29, 1.82) is 0 Å². The number of carbonyl (C=O) groups is 1. The summed E-state index contributed by atoms with van der Waals surface area (Å²) in [7, 11) is 1.33. The van der Waals surface area contributed by atoms with Crippen molar-refractivity contribution >= 4 is 11.8 Å². The first kappa shape index (κ1) is 11.8. The molecule has 5 heteroatoms. The quantitative estimate of drug-likeness (QED) is 0.807. The maximum absolute atomic E-state index is 11.2. The lowest BCUT2D eigenvalue weighted by Crippen LogP contribution is -2.31. The molecule has 17 heavy (non-hydrogen) atoms. The summed E-state index contributed by atoms with van der Waals surface area (Å²) in [5, 5.41) is 3.30. The number of methoxy groups -OCH3 is 1. The van der Waals surface area contributed by atoms with Gasteiger partial charge in [0.2, 0.25) is 0 Å². The monoisotopic (exact) mass is 235 g/mol. The lowest BCUT2D eigenvalue weighted by Gasteiger charge is -2.32. The SMILES string of the molecule is COC(=O)c1cnc(NC(C)C2CCC2)cn1. The van der Waals surface area contributed by atoms with Crippen LogP contribution >= 0.6 is 0 Å². The molecule has 0 radical (unpaired) electrons. The Labute approximate surface area is 101 Å². The van der Waals surface area contributed by atoms with Crippen LogP contribution in [0.15, 0.2) is 12.4 Å². The highest BCUT2D eigenvalue weighted by molar-refractivity contribution is 5.86. The Bertz CT molecular complexity index is 387. The van der Waals surface area contributed by atoms with E-state index >= 15 is 0 Å². The lowest BCUT2D eigenvalue weighted by atomic mass is 9.80. The van der Waals surface area contributed by atoms with Crippen LogP contribution in [-0.4, -0.2) is 29.1 Å². The van der Waals surface area contributed by atoms with Crippen LogP contribution in [0.2, 0.25) is 0 Å². The van der Waals surface area contributed by atoms with Crippen molar-refractivity contribution in [1.82, 2.24) is 9.97 Å². The molecule has 0 saturated heterocycles. The molecule has 92 valence electrons. The van der Waals surface area contributed by atoms with E-state index in [1.54, 1.807) is 6.20 Å². The number of hydrogen-bond acceptors (Lipinski definition) is 5. The van der Waals surface area contributed by atoms with E-state index in [1.807, 2.05) is 0 Å². The summed E-state index contributed by atoms with van der Waals surface area (Å²) in [6.07, 6.45) is 6.89. The number of esters is 1. The molecule has 0 bridgehead atoms. The Kier molecular flexibility index (Phi) is 3.56. The largest absolute Gasteiger partial charge is 0.464 e. The molecule has 0 aromatic carbocycles. The van der Waals surface area contributed by atoms with Crippen LogP contribution in [0.5, 0.6) is 0 Å². The molecule has 2 rings (SSSR count). The first-order valence-electron chi connectivity index (χ1n) is 5.87. The van der Waals surface area contributed by atoms with Crippen LogP contribution in [0.25, 0.3) is 0 Å². The molecule has 1 aliphatic rings. The van der Waals surface area contributed by atoms with Gasteiger partial charge in [0.05, 0.1) is 19.5 Å². The van der Waals surface area contributed by atoms with E-state index in [0.717, 1.165) is 5.92 Å². The van der Waals surface area contributed by atoms with Gasteiger partial charge in [0.25, 0.3) is 0 Å². The summed E-state index contributed by atoms with van der Waals surface area (Å²) >= 11 is 0. The molecular weight excluding hydrogens is 218 g/mol. The Hall–Kier alpha value is -1.65. The van der Waals surface area contributed by atoms with Crippen molar-refractivity contribution in [3.05, 3.63) is 18.1 Å². The van der Waals surface area contributed by atoms with E-state index in [1.165, 1.54) is 32.6 Å². The van der Waals surface area contributed by atoms with Crippen LogP contribution in [-0.2, 0) is 4.74 Å². The van der Waals surface area contributed by atoms with Crippen molar-refractivity contribution in [3.8, 4) is 0 Å². The van der Waals surface area contributed by atoms with Gasteiger partial charge in [-0.15, -0.1) is 0 Å². The van der Waals surface area contributed by atoms with E-state index in [2.05, 4.69) is 26.9 Å². The Morgan fingerprint density at radius 2 is 2.24 bits per heavy atom. The molecule has 0 spiro atoms. The molecule has 0 aliphatic heterocycles. The lowest BCUT2D eigenvalue weighted by molar-refractivity contribution is 0.0593. The third-order valence-corrected chi connectivity index (χ3v) is 3.28. The number of nitrogens with one attached hydrogen (secondary N) is 1. The molecule has 1 aliphatic carbocycles. The van der Waals surface area contributed by atoms with Crippen molar-refractivity contribution < 1.29 is 9.53 Å². The Morgan fingerprint density at radius 3 is 2.71 bits per heavy atom. The fraction of sp³-hybridized carbons (Fsp3) is 0.583. The number of carbonyl (C=O) groups excluding carboxylic acids is 1. The van der Waals surface area contributed by atoms with E-state index in [4.69, 9.17) is 0 Å². The molecule has 5 nitrogen and oxygen atoms in total. The van der Waals surface area contributed by atoms with Crippen LogP contribution in [0, 0.1) is 5.92 Å². The number of nitrogens with zero attached hydrogens (tertiary/aromatic N) is 2. The number of ether oxygens (including phenoxy) is 1. The molecule has 1 saturated carbocycles. The van der Waals surface area contributed by atoms with Gasteiger partial charge < -0.3 is 10.1 Å². The fourth-order valence-corrected chi connectivity index (χ4v) is 1.90. The molecule has 1 aromatic heterocycles. The summed E-state index contributed by atoms with van der Waals surface area (Å²) in [4.78, 5) is 19.3. The third-order valence-electron chi connectivity index (χ3n) is 3.28. The first-order chi connectivity index (χ1) is 8.20. The summed E-state index contributed by atoms with van der Waals surface area (Å²) in [5.74, 6) is 0.977. The maximum atomic E-state index is 11.2. The second kappa shape index (κ2) is 5.12. The standard InChI is InChI=1S/C12H17N3O2/c1-8(9-4-3-5-9)15-11-7-13-10(6-14-11)12(16)17-2/h6-9H,3-5H2,1-2H3,(H,14,15). The second-order valence-corrected chi connectivity index (χ2v) is 4.40. The van der Waals surface area contributed by atoms with Gasteiger partial charge in [0.15, 0.2) is 5.69 Å². The minimum atomic E-state index is -0.462. The smallest absolute Gasteiger partial charge is 0.358 e. The summed E-state index contributed by atoms with van der Waals surface area (Å²) in [6.45, 7) is 2.15. The van der Waals surface area contributed by atoms with E-state index in [-0.39, 0.29) is 5.69 Å². The molecule has 0 amide bonds. The van der Waals surface area contributed by atoms with E-state index in [9.17, 15) is 4.79 Å². The molecule has 1 fully saturated rings. The van der Waals surface area contributed by atoms with E-state index in [0.29, 0.717) is 11.9 Å². The van der Waals surface area contributed by atoms with Gasteiger partial charge in [0.1, 0.15) is 5.82 Å². The highest BCUT2D eigenvalue weighted by atomic mass is 16.5. The normalized spacial score (nSPS) is 17.1. The van der Waals surface area contributed by atoms with Crippen molar-refractivity contribution in [2.75, 3.05) is 12.4 Å². The molecule has 1 heterocycles. The highest BCUT2D eigenvalue weighted by Crippen LogP contribution is 2.30. The average Bonchev–Trinajstić information content (AvgIpc) is 2.26. The number of anilines is 1. The van der Waals surface area contributed by atoms with E-state index < -0.39 is 5.97 Å². The predicted molar refractivity (Wildman–Crippen MR) is 63.8 cm³/mol. The van der Waals surface area contributed by atoms with Gasteiger partial charge in [-0.2, -0.15) is 0 Å². The number of rotatable bonds is 4. The topological polar surface area (TPSA) is 64.1 Å². The zero-order valence-electron chi connectivity index (χ0n) is 10.1. The van der Waals surface area contributed by atoms with Crippen molar-refractivity contribution in [2.45, 2.75) is 32.2 Å². The Morgan fingerprint density at radius 1 is 1.47 bits per heavy atom. The zero-order valence-corrected chi connectivity index (χ0v) is 10.1. The van der Waals surface area contributed by atoms with Crippen LogP contribution in [0.4, 0.5) is 5.82 Å². The summed E-state index contributed by atoms with van der Waals surface area (Å²) in [6, 6.07) is 0.405. The maximum Gasteiger partial charge on any atom is 0.358 e. The molecule has 1 aromatic rings. The predicted octanol–water partition coefficient (Wildman–Crippen LogP) is 1.86. The minimum absolute atomic E-state index is 0.231. The highest BCUT2D eigenvalue weighted by Gasteiger charge is 2.23. The van der Waals surface area contributed by atoms with Crippen LogP contribution < -0.4 is 5.32 Å². The number of aromatic nitrogens is 2. The van der Waals surface area contributed by atoms with Crippen LogP contribution in [0.3, 0.4) is 0 Å². The average molecular weight is 235 g/mol. The van der Waals surface area contributed by atoms with Gasteiger partial charge in [-0.3, -0.25) is 0 Å². The van der Waals surface area contributed by atoms with Crippen molar-refractivity contribution in [3.63, 3.8) is 0 Å². The van der Waals surface area contributed by atoms with Crippen molar-refractivity contribution in [2.24, 2.45) is 5.92 Å². The van der Waals surface area contributed by atoms with Gasteiger partial charge in [-0.25, -0.2) is 14.8 Å². The molecule has 1 atom stereocenters. The van der Waals surface area contributed by atoms with Crippen LogP contribution in [0.1, 0.15) is 36.7 Å². The van der Waals surface area contributed by atoms with Gasteiger partial charge >= 0.3 is 5.97 Å². The minimum Gasteiger partial charge on any atom is -0.464 e. The molecule has 1 N–H and O–H groups in total. The third kappa shape index (κ3) is 2.72. The Balaban J connectivity index is 1.95. The van der Waals surface area contributed by atoms with Gasteiger partial charge in [-0.1, -0.05) is 6.42 Å². The molecular formula is C12H17N3O2. The van der Waals surface area contributed by atoms with Gasteiger partial charge in [0, 0.05) is 6.04 Å². The zero-order chi connectivity index (χ0) is 12.3. The van der Waals surface area contributed by atoms with Gasteiger partial charge in [-0.05, 0) is 25.7 Å². The summed E-state index contributed by atoms with van der Waals surface area (Å²) < 4.78 is 4.56. The first-order valence-corrected chi connectivity index (χ1v) is 5.87. The fourth-order valence-electron chi connectivity index (χ4n) is 1.90.